The lowest BCUT2D eigenvalue weighted by Gasteiger charge is -2.09. The maximum Gasteiger partial charge on any atom is 0.162 e. The minimum Gasteiger partial charge on any atom is -0.493 e. The largest absolute Gasteiger partial charge is 0.493 e. The van der Waals surface area contributed by atoms with Crippen LogP contribution in [0.5, 0.6) is 11.5 Å². The molecule has 0 unspecified atom stereocenters. The normalized spacial score (nSPS) is 8.73. The molecule has 0 radical (unpaired) electrons. The molecule has 0 saturated carbocycles. The van der Waals surface area contributed by atoms with Crippen LogP contribution >= 0.6 is 0 Å². The van der Waals surface area contributed by atoms with Crippen LogP contribution in [-0.2, 0) is 0 Å². The predicted molar refractivity (Wildman–Crippen MR) is 56.7 cm³/mol. The van der Waals surface area contributed by atoms with Gasteiger partial charge < -0.3 is 9.47 Å². The molecule has 0 aliphatic carbocycles. The first-order valence-corrected chi connectivity index (χ1v) is 4.46. The second kappa shape index (κ2) is 5.57. The molecular weight excluding hydrogens is 190 g/mol. The molecule has 76 valence electrons. The number of ether oxygens (including phenoxy) is 2. The van der Waals surface area contributed by atoms with Crippen LogP contribution in [0.1, 0.15) is 12.0 Å². The molecule has 1 rings (SSSR count). The molecule has 0 heterocycles. The molecule has 0 saturated heterocycles. The number of methoxy groups -OCH3 is 1. The second-order valence-corrected chi connectivity index (χ2v) is 2.78. The molecule has 0 aliphatic heterocycles. The lowest BCUT2D eigenvalue weighted by molar-refractivity contribution is 0.301. The highest BCUT2D eigenvalue weighted by Crippen LogP contribution is 2.27. The van der Waals surface area contributed by atoms with Gasteiger partial charge in [-0.15, -0.1) is 12.3 Å². The highest BCUT2D eigenvalue weighted by molar-refractivity contribution is 5.46. The van der Waals surface area contributed by atoms with Gasteiger partial charge in [-0.1, -0.05) is 0 Å². The Hall–Kier alpha value is -2.13. The van der Waals surface area contributed by atoms with E-state index in [0.717, 1.165) is 0 Å². The van der Waals surface area contributed by atoms with Crippen molar-refractivity contribution < 1.29 is 9.47 Å². The maximum atomic E-state index is 8.69. The van der Waals surface area contributed by atoms with Gasteiger partial charge in [0.05, 0.1) is 25.3 Å². The van der Waals surface area contributed by atoms with Gasteiger partial charge in [0.25, 0.3) is 0 Å². The quantitative estimate of drug-likeness (QED) is 0.552. The minimum atomic E-state index is 0.443. The molecule has 0 bridgehead atoms. The van der Waals surface area contributed by atoms with Gasteiger partial charge in [-0.3, -0.25) is 0 Å². The Morgan fingerprint density at radius 3 is 2.80 bits per heavy atom. The first-order chi connectivity index (χ1) is 7.31. The molecule has 3 heteroatoms. The fraction of sp³-hybridized carbons (Fsp3) is 0.250. The van der Waals surface area contributed by atoms with E-state index >= 15 is 0 Å². The van der Waals surface area contributed by atoms with Crippen molar-refractivity contribution in [2.45, 2.75) is 6.42 Å². The zero-order chi connectivity index (χ0) is 11.1. The zero-order valence-corrected chi connectivity index (χ0v) is 8.49. The van der Waals surface area contributed by atoms with Crippen molar-refractivity contribution in [2.75, 3.05) is 13.7 Å². The van der Waals surface area contributed by atoms with Crippen molar-refractivity contribution in [3.8, 4) is 29.9 Å². The Kier molecular flexibility index (Phi) is 4.06. The second-order valence-electron chi connectivity index (χ2n) is 2.78. The van der Waals surface area contributed by atoms with Crippen LogP contribution in [0.3, 0.4) is 0 Å². The molecule has 3 nitrogen and oxygen atoms in total. The van der Waals surface area contributed by atoms with E-state index in [-0.39, 0.29) is 0 Å². The zero-order valence-electron chi connectivity index (χ0n) is 8.49. The maximum absolute atomic E-state index is 8.69. The van der Waals surface area contributed by atoms with Crippen LogP contribution < -0.4 is 9.47 Å². The topological polar surface area (TPSA) is 42.2 Å². The third-order valence-electron chi connectivity index (χ3n) is 1.80. The summed E-state index contributed by atoms with van der Waals surface area (Å²) in [5.74, 6) is 3.63. The van der Waals surface area contributed by atoms with Gasteiger partial charge in [-0.05, 0) is 12.1 Å². The summed E-state index contributed by atoms with van der Waals surface area (Å²) in [7, 11) is 1.53. The highest BCUT2D eigenvalue weighted by atomic mass is 16.5. The molecule has 1 aromatic rings. The van der Waals surface area contributed by atoms with E-state index in [1.165, 1.54) is 7.11 Å². The standard InChI is InChI=1S/C12H11NO2/c1-3-4-7-15-11-6-5-10(9-13)8-12(11)14-2/h1,5-6,8H,4,7H2,2H3. The lowest BCUT2D eigenvalue weighted by Crippen LogP contribution is -1.98. The van der Waals surface area contributed by atoms with Crippen molar-refractivity contribution in [1.82, 2.24) is 0 Å². The van der Waals surface area contributed by atoms with E-state index in [0.29, 0.717) is 30.1 Å². The fourth-order valence-corrected chi connectivity index (χ4v) is 1.08. The molecule has 0 amide bonds. The van der Waals surface area contributed by atoms with Crippen LogP contribution in [-0.4, -0.2) is 13.7 Å². The molecule has 15 heavy (non-hydrogen) atoms. The van der Waals surface area contributed by atoms with Crippen LogP contribution in [0.4, 0.5) is 0 Å². The Morgan fingerprint density at radius 2 is 2.20 bits per heavy atom. The van der Waals surface area contributed by atoms with Crippen molar-refractivity contribution in [3.05, 3.63) is 23.8 Å². The Bertz CT molecular complexity index is 413. The monoisotopic (exact) mass is 201 g/mol. The van der Waals surface area contributed by atoms with Crippen LogP contribution in [0, 0.1) is 23.7 Å². The van der Waals surface area contributed by atoms with Gasteiger partial charge in [0.1, 0.15) is 0 Å². The Labute approximate surface area is 89.2 Å². The summed E-state index contributed by atoms with van der Waals surface area (Å²) in [6.45, 7) is 0.443. The lowest BCUT2D eigenvalue weighted by atomic mass is 10.2. The van der Waals surface area contributed by atoms with Gasteiger partial charge in [-0.2, -0.15) is 5.26 Å². The fourth-order valence-electron chi connectivity index (χ4n) is 1.08. The van der Waals surface area contributed by atoms with Crippen LogP contribution in [0.2, 0.25) is 0 Å². The van der Waals surface area contributed by atoms with Crippen molar-refractivity contribution in [2.24, 2.45) is 0 Å². The number of hydrogen-bond acceptors (Lipinski definition) is 3. The van der Waals surface area contributed by atoms with Crippen molar-refractivity contribution >= 4 is 0 Å². The number of nitriles is 1. The molecular formula is C12H11NO2. The summed E-state index contributed by atoms with van der Waals surface area (Å²) in [5, 5.41) is 8.69. The summed E-state index contributed by atoms with van der Waals surface area (Å²) < 4.78 is 10.5. The smallest absolute Gasteiger partial charge is 0.162 e. The van der Waals surface area contributed by atoms with Gasteiger partial charge in [0.15, 0.2) is 11.5 Å². The van der Waals surface area contributed by atoms with Crippen molar-refractivity contribution in [1.29, 1.82) is 5.26 Å². The number of nitrogens with zero attached hydrogens (tertiary/aromatic N) is 1. The summed E-state index contributed by atoms with van der Waals surface area (Å²) >= 11 is 0. The van der Waals surface area contributed by atoms with E-state index in [1.54, 1.807) is 18.2 Å². The van der Waals surface area contributed by atoms with E-state index in [1.807, 2.05) is 6.07 Å². The minimum absolute atomic E-state index is 0.443. The third-order valence-corrected chi connectivity index (χ3v) is 1.80. The predicted octanol–water partition coefficient (Wildman–Crippen LogP) is 1.97. The summed E-state index contributed by atoms with van der Waals surface area (Å²) in [6.07, 6.45) is 5.65. The summed E-state index contributed by atoms with van der Waals surface area (Å²) in [5.41, 5.74) is 0.538. The Balaban J connectivity index is 2.80. The molecule has 0 aromatic heterocycles. The Morgan fingerprint density at radius 1 is 1.40 bits per heavy atom. The van der Waals surface area contributed by atoms with Gasteiger partial charge in [-0.25, -0.2) is 0 Å². The molecule has 0 atom stereocenters. The number of benzene rings is 1. The SMILES string of the molecule is C#CCCOc1ccc(C#N)cc1OC. The van der Waals surface area contributed by atoms with E-state index < -0.39 is 0 Å². The summed E-state index contributed by atoms with van der Waals surface area (Å²) in [4.78, 5) is 0. The van der Waals surface area contributed by atoms with Gasteiger partial charge >= 0.3 is 0 Å². The average molecular weight is 201 g/mol. The van der Waals surface area contributed by atoms with Crippen LogP contribution in [0.15, 0.2) is 18.2 Å². The van der Waals surface area contributed by atoms with E-state index in [9.17, 15) is 0 Å². The first-order valence-electron chi connectivity index (χ1n) is 4.46. The molecule has 0 N–H and O–H groups in total. The molecule has 0 fully saturated rings. The van der Waals surface area contributed by atoms with E-state index in [2.05, 4.69) is 5.92 Å². The summed E-state index contributed by atoms with van der Waals surface area (Å²) in [6, 6.07) is 7.04. The molecule has 1 aromatic carbocycles. The number of rotatable bonds is 4. The van der Waals surface area contributed by atoms with Gasteiger partial charge in [0, 0.05) is 12.5 Å². The van der Waals surface area contributed by atoms with Gasteiger partial charge in [0.2, 0.25) is 0 Å². The van der Waals surface area contributed by atoms with Crippen molar-refractivity contribution in [3.63, 3.8) is 0 Å². The molecule has 0 aliphatic rings. The average Bonchev–Trinajstić information content (AvgIpc) is 2.29. The van der Waals surface area contributed by atoms with E-state index in [4.69, 9.17) is 21.2 Å². The number of terminal acetylenes is 1. The van der Waals surface area contributed by atoms with Crippen LogP contribution in [0.25, 0.3) is 0 Å². The molecule has 0 spiro atoms. The highest BCUT2D eigenvalue weighted by Gasteiger charge is 2.04. The third kappa shape index (κ3) is 2.93. The first kappa shape index (κ1) is 10.9. The number of hydrogen-bond donors (Lipinski definition) is 0.